The highest BCUT2D eigenvalue weighted by Crippen LogP contribution is 2.51. The quantitative estimate of drug-likeness (QED) is 0.548. The van der Waals surface area contributed by atoms with Crippen molar-refractivity contribution in [3.8, 4) is 45.4 Å². The van der Waals surface area contributed by atoms with Gasteiger partial charge in [-0.3, -0.25) is 0 Å². The maximum atomic E-state index is 6.18. The second-order valence-corrected chi connectivity index (χ2v) is 5.38. The molecule has 0 amide bonds. The zero-order valence-corrected chi connectivity index (χ0v) is 13.0. The van der Waals surface area contributed by atoms with Gasteiger partial charge in [-0.2, -0.15) is 0 Å². The van der Waals surface area contributed by atoms with Gasteiger partial charge in [0.2, 0.25) is 0 Å². The second kappa shape index (κ2) is 5.05. The standard InChI is InChI=1S/C18H15NO4/c1-10-4-5-12-14-9-22-19-17(14)13-7-11(20-2)8-16(21-3)18(13)23-15(12)6-10/h4-9H,1-3H3. The first-order valence-corrected chi connectivity index (χ1v) is 7.21. The molecular weight excluding hydrogens is 294 g/mol. The van der Waals surface area contributed by atoms with Gasteiger partial charge in [-0.05, 0) is 24.6 Å². The van der Waals surface area contributed by atoms with Crippen LogP contribution in [0.4, 0.5) is 0 Å². The van der Waals surface area contributed by atoms with Gasteiger partial charge in [0.15, 0.2) is 11.5 Å². The Labute approximate surface area is 133 Å². The van der Waals surface area contributed by atoms with E-state index in [-0.39, 0.29) is 0 Å². The molecule has 0 unspecified atom stereocenters. The number of hydrogen-bond donors (Lipinski definition) is 0. The lowest BCUT2D eigenvalue weighted by atomic mass is 10.0. The van der Waals surface area contributed by atoms with Gasteiger partial charge in [-0.25, -0.2) is 0 Å². The third-order valence-electron chi connectivity index (χ3n) is 3.95. The largest absolute Gasteiger partial charge is 0.497 e. The van der Waals surface area contributed by atoms with Gasteiger partial charge < -0.3 is 18.7 Å². The Balaban J connectivity index is 2.07. The molecular formula is C18H15NO4. The van der Waals surface area contributed by atoms with E-state index in [4.69, 9.17) is 18.7 Å². The predicted octanol–water partition coefficient (Wildman–Crippen LogP) is 4.44. The van der Waals surface area contributed by atoms with Crippen LogP contribution in [-0.2, 0) is 0 Å². The Bertz CT molecular complexity index is 898. The van der Waals surface area contributed by atoms with E-state index in [1.807, 2.05) is 31.2 Å². The van der Waals surface area contributed by atoms with E-state index < -0.39 is 0 Å². The topological polar surface area (TPSA) is 53.7 Å². The molecule has 1 aliphatic heterocycles. The average Bonchev–Trinajstić information content (AvgIpc) is 3.00. The highest BCUT2D eigenvalue weighted by molar-refractivity contribution is 5.89. The van der Waals surface area contributed by atoms with Crippen LogP contribution >= 0.6 is 0 Å². The fourth-order valence-corrected chi connectivity index (χ4v) is 2.80. The summed E-state index contributed by atoms with van der Waals surface area (Å²) in [6, 6.07) is 9.70. The molecule has 5 nitrogen and oxygen atoms in total. The van der Waals surface area contributed by atoms with Gasteiger partial charge in [0.05, 0.1) is 25.3 Å². The summed E-state index contributed by atoms with van der Waals surface area (Å²) in [5.74, 6) is 2.60. The minimum Gasteiger partial charge on any atom is -0.497 e. The van der Waals surface area contributed by atoms with Crippen molar-refractivity contribution in [1.82, 2.24) is 5.16 Å². The molecule has 5 heteroatoms. The van der Waals surface area contributed by atoms with Crippen LogP contribution < -0.4 is 14.2 Å². The monoisotopic (exact) mass is 309 g/mol. The van der Waals surface area contributed by atoms with Gasteiger partial charge in [0.1, 0.15) is 23.5 Å². The van der Waals surface area contributed by atoms with Gasteiger partial charge in [0, 0.05) is 11.6 Å². The van der Waals surface area contributed by atoms with Gasteiger partial charge in [-0.1, -0.05) is 17.3 Å². The summed E-state index contributed by atoms with van der Waals surface area (Å²) in [6.07, 6.45) is 1.63. The molecule has 0 aliphatic carbocycles. The van der Waals surface area contributed by atoms with Crippen LogP contribution in [0.3, 0.4) is 0 Å². The summed E-state index contributed by atoms with van der Waals surface area (Å²) in [5, 5.41) is 4.16. The molecule has 4 rings (SSSR count). The minimum absolute atomic E-state index is 0.586. The first-order valence-electron chi connectivity index (χ1n) is 7.21. The van der Waals surface area contributed by atoms with Crippen LogP contribution in [0.15, 0.2) is 41.1 Å². The van der Waals surface area contributed by atoms with E-state index in [2.05, 4.69) is 5.16 Å². The molecule has 3 aromatic rings. The number of aromatic nitrogens is 1. The lowest BCUT2D eigenvalue weighted by Gasteiger charge is -2.14. The Morgan fingerprint density at radius 2 is 1.83 bits per heavy atom. The lowest BCUT2D eigenvalue weighted by molar-refractivity contribution is 0.369. The molecule has 2 aromatic carbocycles. The number of aryl methyl sites for hydroxylation is 1. The van der Waals surface area contributed by atoms with Gasteiger partial charge in [-0.15, -0.1) is 0 Å². The number of hydrogen-bond acceptors (Lipinski definition) is 5. The highest BCUT2D eigenvalue weighted by atomic mass is 16.5. The molecule has 1 aliphatic rings. The first kappa shape index (κ1) is 13.7. The average molecular weight is 309 g/mol. The van der Waals surface area contributed by atoms with Crippen LogP contribution in [0, 0.1) is 6.92 Å². The number of benzene rings is 2. The van der Waals surface area contributed by atoms with E-state index >= 15 is 0 Å². The number of ether oxygens (including phenoxy) is 3. The van der Waals surface area contributed by atoms with E-state index in [9.17, 15) is 0 Å². The molecule has 1 aromatic heterocycles. The summed E-state index contributed by atoms with van der Waals surface area (Å²) in [4.78, 5) is 0. The summed E-state index contributed by atoms with van der Waals surface area (Å²) in [5.41, 5.74) is 4.41. The van der Waals surface area contributed by atoms with Crippen LogP contribution in [0.25, 0.3) is 22.4 Å². The third kappa shape index (κ3) is 2.04. The fraction of sp³-hybridized carbons (Fsp3) is 0.167. The molecule has 0 atom stereocenters. The summed E-state index contributed by atoms with van der Waals surface area (Å²) >= 11 is 0. The summed E-state index contributed by atoms with van der Waals surface area (Å²) < 4.78 is 22.3. The lowest BCUT2D eigenvalue weighted by Crippen LogP contribution is -1.94. The number of methoxy groups -OCH3 is 2. The highest BCUT2D eigenvalue weighted by Gasteiger charge is 2.27. The van der Waals surface area contributed by atoms with Crippen molar-refractivity contribution in [3.63, 3.8) is 0 Å². The van der Waals surface area contributed by atoms with Crippen molar-refractivity contribution in [2.45, 2.75) is 6.92 Å². The summed E-state index contributed by atoms with van der Waals surface area (Å²) in [6.45, 7) is 2.02. The molecule has 0 fully saturated rings. The molecule has 0 saturated carbocycles. The smallest absolute Gasteiger partial charge is 0.179 e. The molecule has 0 spiro atoms. The van der Waals surface area contributed by atoms with Crippen LogP contribution in [0.5, 0.6) is 23.0 Å². The van der Waals surface area contributed by atoms with E-state index in [1.54, 1.807) is 26.5 Å². The van der Waals surface area contributed by atoms with E-state index in [0.29, 0.717) is 22.9 Å². The van der Waals surface area contributed by atoms with Crippen molar-refractivity contribution in [2.24, 2.45) is 0 Å². The Hall–Kier alpha value is -2.95. The van der Waals surface area contributed by atoms with E-state index in [1.165, 1.54) is 0 Å². The normalized spacial score (nSPS) is 11.6. The molecule has 0 N–H and O–H groups in total. The first-order chi connectivity index (χ1) is 11.2. The van der Waals surface area contributed by atoms with Crippen molar-refractivity contribution < 1.29 is 18.7 Å². The van der Waals surface area contributed by atoms with Crippen LogP contribution in [0.1, 0.15) is 5.56 Å². The van der Waals surface area contributed by atoms with Crippen molar-refractivity contribution in [3.05, 3.63) is 42.2 Å². The molecule has 0 bridgehead atoms. The van der Waals surface area contributed by atoms with Gasteiger partial charge in [0.25, 0.3) is 0 Å². The van der Waals surface area contributed by atoms with Crippen LogP contribution in [0.2, 0.25) is 0 Å². The molecule has 116 valence electrons. The Morgan fingerprint density at radius 1 is 0.957 bits per heavy atom. The molecule has 0 saturated heterocycles. The maximum absolute atomic E-state index is 6.18. The molecule has 2 heterocycles. The second-order valence-electron chi connectivity index (χ2n) is 5.38. The Kier molecular flexibility index (Phi) is 3.01. The zero-order valence-electron chi connectivity index (χ0n) is 13.0. The minimum atomic E-state index is 0.586. The molecule has 23 heavy (non-hydrogen) atoms. The summed E-state index contributed by atoms with van der Waals surface area (Å²) in [7, 11) is 3.21. The van der Waals surface area contributed by atoms with Gasteiger partial charge >= 0.3 is 0 Å². The number of nitrogens with zero attached hydrogens (tertiary/aromatic N) is 1. The predicted molar refractivity (Wildman–Crippen MR) is 85.3 cm³/mol. The SMILES string of the molecule is COc1cc(OC)c2c(c1)-c1nocc1-c1ccc(C)cc1O2. The van der Waals surface area contributed by atoms with Crippen LogP contribution in [-0.4, -0.2) is 19.4 Å². The number of fused-ring (bicyclic) bond motifs is 5. The number of rotatable bonds is 2. The zero-order chi connectivity index (χ0) is 16.0. The van der Waals surface area contributed by atoms with Crippen molar-refractivity contribution in [1.29, 1.82) is 0 Å². The Morgan fingerprint density at radius 3 is 2.61 bits per heavy atom. The fourth-order valence-electron chi connectivity index (χ4n) is 2.80. The molecule has 0 radical (unpaired) electrons. The van der Waals surface area contributed by atoms with Crippen molar-refractivity contribution in [2.75, 3.05) is 14.2 Å². The van der Waals surface area contributed by atoms with Crippen molar-refractivity contribution >= 4 is 0 Å². The maximum Gasteiger partial charge on any atom is 0.179 e. The van der Waals surface area contributed by atoms with E-state index in [0.717, 1.165) is 28.0 Å². The third-order valence-corrected chi connectivity index (χ3v) is 3.95.